The minimum Gasteiger partial charge on any atom is -0.391 e. The number of fused-ring (bicyclic) bond motifs is 1. The van der Waals surface area contributed by atoms with Crippen molar-refractivity contribution in [2.45, 2.75) is 50.0 Å². The van der Waals surface area contributed by atoms with Gasteiger partial charge in [-0.3, -0.25) is 0 Å². The second-order valence-electron chi connectivity index (χ2n) is 5.11. The quantitative estimate of drug-likeness (QED) is 0.790. The summed E-state index contributed by atoms with van der Waals surface area (Å²) in [7, 11) is -3.09. The van der Waals surface area contributed by atoms with Crippen LogP contribution in [0.15, 0.2) is 0 Å². The average Bonchev–Trinajstić information content (AvgIpc) is 2.70. The van der Waals surface area contributed by atoms with Gasteiger partial charge < -0.3 is 5.11 Å². The first kappa shape index (κ1) is 12.1. The van der Waals surface area contributed by atoms with Crippen LogP contribution in [0.3, 0.4) is 0 Å². The van der Waals surface area contributed by atoms with Crippen molar-refractivity contribution >= 4 is 9.84 Å². The van der Waals surface area contributed by atoms with Gasteiger partial charge in [0.15, 0.2) is 15.7 Å². The molecule has 1 N–H and O–H groups in total. The third-order valence-electron chi connectivity index (χ3n) is 3.72. The Bertz CT molecular complexity index is 552. The van der Waals surface area contributed by atoms with Crippen molar-refractivity contribution in [3.8, 4) is 0 Å². The molecule has 100 valence electrons. The number of aliphatic hydroxyl groups is 1. The van der Waals surface area contributed by atoms with Crippen molar-refractivity contribution in [1.29, 1.82) is 0 Å². The van der Waals surface area contributed by atoms with E-state index in [0.717, 1.165) is 18.7 Å². The van der Waals surface area contributed by atoms with Gasteiger partial charge >= 0.3 is 0 Å². The molecule has 1 aromatic heterocycles. The lowest BCUT2D eigenvalue weighted by atomic mass is 10.1. The van der Waals surface area contributed by atoms with Crippen LogP contribution in [-0.4, -0.2) is 40.1 Å². The van der Waals surface area contributed by atoms with Crippen LogP contribution in [0.25, 0.3) is 0 Å². The number of sulfone groups is 1. The Morgan fingerprint density at radius 1 is 1.28 bits per heavy atom. The summed E-state index contributed by atoms with van der Waals surface area (Å²) in [5.74, 6) is 1.47. The summed E-state index contributed by atoms with van der Waals surface area (Å²) in [4.78, 5) is 4.37. The minimum absolute atomic E-state index is 0.240. The molecule has 2 atom stereocenters. The van der Waals surface area contributed by atoms with Gasteiger partial charge in [0.1, 0.15) is 11.1 Å². The molecule has 2 unspecified atom stereocenters. The van der Waals surface area contributed by atoms with Gasteiger partial charge in [0.05, 0.1) is 18.4 Å². The van der Waals surface area contributed by atoms with Crippen LogP contribution < -0.4 is 0 Å². The Hall–Kier alpha value is -0.950. The monoisotopic (exact) mass is 271 g/mol. The molecule has 0 aliphatic carbocycles. The number of aryl methyl sites for hydroxylation is 1. The summed E-state index contributed by atoms with van der Waals surface area (Å²) in [5.41, 5.74) is 0. The average molecular weight is 271 g/mol. The van der Waals surface area contributed by atoms with Crippen LogP contribution >= 0.6 is 0 Å². The lowest BCUT2D eigenvalue weighted by Crippen LogP contribution is -2.25. The Morgan fingerprint density at radius 2 is 2.11 bits per heavy atom. The number of hydrogen-bond donors (Lipinski definition) is 1. The van der Waals surface area contributed by atoms with Gasteiger partial charge in [0.25, 0.3) is 0 Å². The van der Waals surface area contributed by atoms with E-state index in [-0.39, 0.29) is 5.75 Å². The first-order chi connectivity index (χ1) is 8.56. The summed E-state index contributed by atoms with van der Waals surface area (Å²) >= 11 is 0. The van der Waals surface area contributed by atoms with Crippen LogP contribution in [-0.2, 0) is 22.8 Å². The summed E-state index contributed by atoms with van der Waals surface area (Å²) in [6.07, 6.45) is 3.22. The van der Waals surface area contributed by atoms with Crippen molar-refractivity contribution in [3.05, 3.63) is 11.6 Å². The number of rotatable bonds is 1. The van der Waals surface area contributed by atoms with Crippen molar-refractivity contribution in [1.82, 2.24) is 14.8 Å². The normalized spacial score (nSPS) is 30.9. The Labute approximate surface area is 106 Å². The van der Waals surface area contributed by atoms with E-state index in [9.17, 15) is 13.5 Å². The lowest BCUT2D eigenvalue weighted by molar-refractivity contribution is 0.124. The SMILES string of the molecule is O=S1(=O)CCCCC1c1nc2n(n1)CC(O)CC2. The van der Waals surface area contributed by atoms with E-state index in [0.29, 0.717) is 31.6 Å². The predicted molar refractivity (Wildman–Crippen MR) is 64.7 cm³/mol. The molecule has 3 heterocycles. The first-order valence-corrected chi connectivity index (χ1v) is 8.11. The molecule has 7 heteroatoms. The summed E-state index contributed by atoms with van der Waals surface area (Å²) in [5, 5.41) is 13.3. The predicted octanol–water partition coefficient (Wildman–Crippen LogP) is 0.225. The zero-order chi connectivity index (χ0) is 12.8. The summed E-state index contributed by atoms with van der Waals surface area (Å²) < 4.78 is 25.7. The zero-order valence-electron chi connectivity index (χ0n) is 10.1. The van der Waals surface area contributed by atoms with Gasteiger partial charge in [-0.05, 0) is 19.3 Å². The maximum absolute atomic E-state index is 12.0. The molecule has 0 spiro atoms. The minimum atomic E-state index is -3.09. The highest BCUT2D eigenvalue weighted by Gasteiger charge is 2.34. The van der Waals surface area contributed by atoms with Gasteiger partial charge in [-0.15, -0.1) is 0 Å². The molecule has 1 fully saturated rings. The summed E-state index contributed by atoms with van der Waals surface area (Å²) in [6.45, 7) is 0.426. The van der Waals surface area contributed by atoms with E-state index >= 15 is 0 Å². The van der Waals surface area contributed by atoms with Gasteiger partial charge in [0.2, 0.25) is 0 Å². The van der Waals surface area contributed by atoms with E-state index in [1.807, 2.05) is 0 Å². The Balaban J connectivity index is 1.93. The van der Waals surface area contributed by atoms with Crippen LogP contribution in [0, 0.1) is 0 Å². The highest BCUT2D eigenvalue weighted by atomic mass is 32.2. The molecule has 2 aliphatic heterocycles. The lowest BCUT2D eigenvalue weighted by Gasteiger charge is -2.19. The molecule has 18 heavy (non-hydrogen) atoms. The second kappa shape index (κ2) is 4.31. The largest absolute Gasteiger partial charge is 0.391 e. The van der Waals surface area contributed by atoms with E-state index in [1.165, 1.54) is 0 Å². The molecule has 6 nitrogen and oxygen atoms in total. The third kappa shape index (κ3) is 2.05. The first-order valence-electron chi connectivity index (χ1n) is 6.39. The van der Waals surface area contributed by atoms with Crippen molar-refractivity contribution in [2.24, 2.45) is 0 Å². The van der Waals surface area contributed by atoms with E-state index in [4.69, 9.17) is 0 Å². The van der Waals surface area contributed by atoms with Crippen molar-refractivity contribution in [3.63, 3.8) is 0 Å². The highest BCUT2D eigenvalue weighted by molar-refractivity contribution is 7.91. The van der Waals surface area contributed by atoms with Gasteiger partial charge in [-0.25, -0.2) is 18.1 Å². The molecular weight excluding hydrogens is 254 g/mol. The van der Waals surface area contributed by atoms with Gasteiger partial charge in [-0.2, -0.15) is 5.10 Å². The fourth-order valence-corrected chi connectivity index (χ4v) is 4.53. The second-order valence-corrected chi connectivity index (χ2v) is 7.42. The van der Waals surface area contributed by atoms with Gasteiger partial charge in [0, 0.05) is 6.42 Å². The van der Waals surface area contributed by atoms with Crippen LogP contribution in [0.5, 0.6) is 0 Å². The zero-order valence-corrected chi connectivity index (χ0v) is 10.9. The Morgan fingerprint density at radius 3 is 2.89 bits per heavy atom. The summed E-state index contributed by atoms with van der Waals surface area (Å²) in [6, 6.07) is 0. The number of aliphatic hydroxyl groups excluding tert-OH is 1. The highest BCUT2D eigenvalue weighted by Crippen LogP contribution is 2.32. The molecule has 3 rings (SSSR count). The maximum atomic E-state index is 12.0. The maximum Gasteiger partial charge on any atom is 0.169 e. The molecule has 1 aromatic rings. The molecule has 0 saturated carbocycles. The number of nitrogens with zero attached hydrogens (tertiary/aromatic N) is 3. The van der Waals surface area contributed by atoms with Crippen LogP contribution in [0.4, 0.5) is 0 Å². The Kier molecular flexibility index (Phi) is 2.90. The van der Waals surface area contributed by atoms with E-state index in [2.05, 4.69) is 10.1 Å². The number of hydrogen-bond acceptors (Lipinski definition) is 5. The number of aromatic nitrogens is 3. The van der Waals surface area contributed by atoms with Crippen LogP contribution in [0.1, 0.15) is 42.6 Å². The van der Waals surface area contributed by atoms with Gasteiger partial charge in [-0.1, -0.05) is 6.42 Å². The molecule has 0 aromatic carbocycles. The third-order valence-corrected chi connectivity index (χ3v) is 5.89. The molecule has 0 bridgehead atoms. The van der Waals surface area contributed by atoms with Crippen LogP contribution in [0.2, 0.25) is 0 Å². The topological polar surface area (TPSA) is 85.1 Å². The standard InChI is InChI=1S/C11H17N3O3S/c15-8-4-5-10-12-11(13-14(10)7-8)9-3-1-2-6-18(9,16)17/h8-9,15H,1-7H2. The van der Waals surface area contributed by atoms with E-state index < -0.39 is 21.2 Å². The molecule has 0 amide bonds. The fourth-order valence-electron chi connectivity index (χ4n) is 2.69. The molecule has 2 aliphatic rings. The van der Waals surface area contributed by atoms with Crippen molar-refractivity contribution in [2.75, 3.05) is 5.75 Å². The molecule has 1 saturated heterocycles. The molecule has 0 radical (unpaired) electrons. The fraction of sp³-hybridized carbons (Fsp3) is 0.818. The van der Waals surface area contributed by atoms with Crippen molar-refractivity contribution < 1.29 is 13.5 Å². The molecular formula is C11H17N3O3S. The smallest absolute Gasteiger partial charge is 0.169 e. The van der Waals surface area contributed by atoms with E-state index in [1.54, 1.807) is 4.68 Å².